The molecule has 1 saturated carbocycles. The maximum absolute atomic E-state index is 13.8. The van der Waals surface area contributed by atoms with Gasteiger partial charge in [-0.3, -0.25) is 14.6 Å². The van der Waals surface area contributed by atoms with Crippen LogP contribution in [0.15, 0.2) is 18.2 Å². The number of alkyl halides is 3. The van der Waals surface area contributed by atoms with Crippen molar-refractivity contribution in [1.82, 2.24) is 35.7 Å². The second-order valence-electron chi connectivity index (χ2n) is 10.7. The molecule has 2 saturated heterocycles. The lowest BCUT2D eigenvalue weighted by Gasteiger charge is -2.47. The fraction of sp³-hybridized carbons (Fsp3) is 0.680. The van der Waals surface area contributed by atoms with Crippen molar-refractivity contribution in [3.8, 4) is 0 Å². The third kappa shape index (κ3) is 5.99. The van der Waals surface area contributed by atoms with Crippen LogP contribution in [0.5, 0.6) is 0 Å². The molecule has 9 nitrogen and oxygen atoms in total. The van der Waals surface area contributed by atoms with Crippen molar-refractivity contribution in [1.29, 1.82) is 0 Å². The fourth-order valence-corrected chi connectivity index (χ4v) is 5.77. The number of ether oxygens (including phenoxy) is 1. The Bertz CT molecular complexity index is 1100. The molecule has 3 atom stereocenters. The molecule has 1 aliphatic carbocycles. The second-order valence-corrected chi connectivity index (χ2v) is 10.7. The van der Waals surface area contributed by atoms with Crippen LogP contribution < -0.4 is 5.32 Å². The van der Waals surface area contributed by atoms with Crippen LogP contribution in [-0.2, 0) is 28.7 Å². The Labute approximate surface area is 218 Å². The largest absolute Gasteiger partial charge is 0.416 e. The summed E-state index contributed by atoms with van der Waals surface area (Å²) in [5.74, 6) is -0.506. The molecular formula is C25H33F4N7O2. The lowest BCUT2D eigenvalue weighted by Crippen LogP contribution is -2.60. The number of nitrogens with zero attached hydrogens (tertiary/aromatic N) is 5. The van der Waals surface area contributed by atoms with Crippen LogP contribution >= 0.6 is 0 Å². The fourth-order valence-electron chi connectivity index (χ4n) is 5.77. The van der Waals surface area contributed by atoms with E-state index in [2.05, 4.69) is 42.7 Å². The van der Waals surface area contributed by atoms with Gasteiger partial charge in [0.1, 0.15) is 11.4 Å². The molecule has 0 bridgehead atoms. The molecule has 2 aromatic rings. The zero-order valence-electron chi connectivity index (χ0n) is 21.3. The summed E-state index contributed by atoms with van der Waals surface area (Å²) in [7, 11) is 0. The van der Waals surface area contributed by atoms with Gasteiger partial charge in [-0.05, 0) is 62.3 Å². The van der Waals surface area contributed by atoms with Gasteiger partial charge in [-0.1, -0.05) is 5.21 Å². The average Bonchev–Trinajstić information content (AvgIpc) is 3.62. The summed E-state index contributed by atoms with van der Waals surface area (Å²) >= 11 is 0. The van der Waals surface area contributed by atoms with Crippen molar-refractivity contribution in [2.45, 2.75) is 69.4 Å². The van der Waals surface area contributed by atoms with Gasteiger partial charge in [-0.2, -0.15) is 18.4 Å². The van der Waals surface area contributed by atoms with Crippen LogP contribution in [-0.4, -0.2) is 86.8 Å². The van der Waals surface area contributed by atoms with Gasteiger partial charge in [-0.15, -0.1) is 10.2 Å². The number of amides is 1. The van der Waals surface area contributed by atoms with Crippen LogP contribution in [0, 0.1) is 11.7 Å². The Morgan fingerprint density at radius 1 is 1.24 bits per heavy atom. The van der Waals surface area contributed by atoms with E-state index in [9.17, 15) is 22.4 Å². The first-order valence-corrected chi connectivity index (χ1v) is 13.1. The van der Waals surface area contributed by atoms with E-state index in [0.29, 0.717) is 31.0 Å². The van der Waals surface area contributed by atoms with Crippen molar-refractivity contribution in [3.05, 3.63) is 41.0 Å². The molecule has 208 valence electrons. The molecule has 38 heavy (non-hydrogen) atoms. The van der Waals surface area contributed by atoms with Crippen molar-refractivity contribution >= 4 is 5.91 Å². The zero-order valence-corrected chi connectivity index (χ0v) is 21.3. The van der Waals surface area contributed by atoms with Crippen LogP contribution in [0.4, 0.5) is 17.6 Å². The van der Waals surface area contributed by atoms with Crippen molar-refractivity contribution in [2.24, 2.45) is 5.92 Å². The number of carbonyl (C=O) groups excluding carboxylic acids is 1. The van der Waals surface area contributed by atoms with Crippen molar-refractivity contribution in [2.75, 3.05) is 32.8 Å². The van der Waals surface area contributed by atoms with Gasteiger partial charge in [0, 0.05) is 51.2 Å². The van der Waals surface area contributed by atoms with Crippen LogP contribution in [0.1, 0.15) is 49.6 Å². The third-order valence-electron chi connectivity index (χ3n) is 8.07. The van der Waals surface area contributed by atoms with E-state index in [1.807, 2.05) is 0 Å². The molecule has 0 spiro atoms. The molecule has 0 unspecified atom stereocenters. The van der Waals surface area contributed by atoms with E-state index >= 15 is 0 Å². The minimum atomic E-state index is -4.66. The van der Waals surface area contributed by atoms with Crippen molar-refractivity contribution in [3.63, 3.8) is 0 Å². The first-order chi connectivity index (χ1) is 18.1. The average molecular weight is 540 g/mol. The summed E-state index contributed by atoms with van der Waals surface area (Å²) in [4.78, 5) is 18.1. The number of piperazine rings is 1. The molecule has 5 rings (SSSR count). The predicted octanol–water partition coefficient (Wildman–Crippen LogP) is 2.55. The second kappa shape index (κ2) is 10.9. The Hall–Kier alpha value is -2.64. The highest BCUT2D eigenvalue weighted by molar-refractivity contribution is 5.86. The summed E-state index contributed by atoms with van der Waals surface area (Å²) in [5, 5.41) is 16.8. The van der Waals surface area contributed by atoms with Crippen LogP contribution in [0.3, 0.4) is 0 Å². The predicted molar refractivity (Wildman–Crippen MR) is 128 cm³/mol. The lowest BCUT2D eigenvalue weighted by molar-refractivity contribution is -0.166. The van der Waals surface area contributed by atoms with E-state index in [0.717, 1.165) is 64.0 Å². The van der Waals surface area contributed by atoms with Gasteiger partial charge in [-0.25, -0.2) is 4.39 Å². The summed E-state index contributed by atoms with van der Waals surface area (Å²) in [6.07, 6.45) is -0.803. The molecule has 2 aliphatic heterocycles. The highest BCUT2D eigenvalue weighted by atomic mass is 19.4. The quantitative estimate of drug-likeness (QED) is 0.498. The first kappa shape index (κ1) is 26.9. The number of nitrogens with one attached hydrogen (secondary N) is 2. The number of rotatable bonds is 8. The highest BCUT2D eigenvalue weighted by Crippen LogP contribution is 2.47. The summed E-state index contributed by atoms with van der Waals surface area (Å²) in [5.41, 5.74) is -1.98. The van der Waals surface area contributed by atoms with E-state index in [1.165, 1.54) is 0 Å². The number of aromatic nitrogens is 4. The topological polar surface area (TPSA) is 99.3 Å². The molecule has 3 aliphatic rings. The first-order valence-electron chi connectivity index (χ1n) is 13.1. The van der Waals surface area contributed by atoms with Gasteiger partial charge in [0.15, 0.2) is 5.82 Å². The van der Waals surface area contributed by atoms with Gasteiger partial charge in [0.2, 0.25) is 0 Å². The molecule has 1 aromatic carbocycles. The van der Waals surface area contributed by atoms with Crippen LogP contribution in [0.25, 0.3) is 0 Å². The van der Waals surface area contributed by atoms with E-state index < -0.39 is 23.2 Å². The number of hydrogen-bond donors (Lipinski definition) is 2. The molecule has 0 radical (unpaired) electrons. The minimum absolute atomic E-state index is 0.0662. The Kier molecular flexibility index (Phi) is 7.70. The number of hydrogen-bond acceptors (Lipinski definition) is 7. The smallest absolute Gasteiger partial charge is 0.363 e. The van der Waals surface area contributed by atoms with Gasteiger partial charge in [0.25, 0.3) is 5.91 Å². The summed E-state index contributed by atoms with van der Waals surface area (Å²) < 4.78 is 59.3. The normalized spacial score (nSPS) is 27.4. The minimum Gasteiger partial charge on any atom is -0.363 e. The monoisotopic (exact) mass is 539 g/mol. The number of aromatic amines is 1. The number of benzene rings is 1. The Balaban J connectivity index is 1.14. The van der Waals surface area contributed by atoms with Crippen molar-refractivity contribution < 1.29 is 27.1 Å². The third-order valence-corrected chi connectivity index (χ3v) is 8.07. The summed E-state index contributed by atoms with van der Waals surface area (Å²) in [6, 6.07) is 2.89. The molecule has 1 aromatic heterocycles. The maximum Gasteiger partial charge on any atom is 0.416 e. The number of halogens is 4. The maximum atomic E-state index is 13.8. The van der Waals surface area contributed by atoms with Gasteiger partial charge >= 0.3 is 6.18 Å². The standard InChI is InChI=1S/C25H33F4N7O2/c1-16-14-36(9-8-35(16)7-5-22-31-33-34-32-22)21-4-6-24(38-15-21,18-2-3-18)23(37)30-13-17-10-19(25(27,28)29)12-20(26)11-17/h10-12,16,18,21H,2-9,13-15H2,1H3,(H,30,37)(H,31,32,33,34)/t16-,21+,24-/m0/s1. The SMILES string of the molecule is C[C@H]1CN([C@@H]2CC[C@@](C(=O)NCc3cc(F)cc(C(F)(F)F)c3)(C3CC3)OC2)CCN1CCc1nn[nH]n1. The van der Waals surface area contributed by atoms with Gasteiger partial charge in [0.05, 0.1) is 12.2 Å². The lowest BCUT2D eigenvalue weighted by atomic mass is 9.85. The summed E-state index contributed by atoms with van der Waals surface area (Å²) in [6.45, 7) is 6.00. The molecule has 3 heterocycles. The zero-order chi connectivity index (χ0) is 26.9. The van der Waals surface area contributed by atoms with E-state index in [-0.39, 0.29) is 30.0 Å². The van der Waals surface area contributed by atoms with Gasteiger partial charge < -0.3 is 10.1 Å². The molecule has 1 amide bonds. The number of H-pyrrole nitrogens is 1. The van der Waals surface area contributed by atoms with Crippen LogP contribution in [0.2, 0.25) is 0 Å². The molecule has 13 heteroatoms. The molecular weight excluding hydrogens is 506 g/mol. The Morgan fingerprint density at radius 3 is 2.68 bits per heavy atom. The van der Waals surface area contributed by atoms with E-state index in [1.54, 1.807) is 0 Å². The molecule has 3 fully saturated rings. The highest BCUT2D eigenvalue weighted by Gasteiger charge is 2.54. The molecule has 2 N–H and O–H groups in total. The van der Waals surface area contributed by atoms with E-state index in [4.69, 9.17) is 4.74 Å². The Morgan fingerprint density at radius 2 is 2.05 bits per heavy atom. The number of carbonyl (C=O) groups is 1. The number of tetrazole rings is 1.